The van der Waals surface area contributed by atoms with Crippen LogP contribution in [0.3, 0.4) is 0 Å². The molecular formula is C55H93N3O35. The number of amides is 3. The number of aliphatic carboxylic acids is 1. The number of methoxy groups -OCH3 is 1. The van der Waals surface area contributed by atoms with E-state index in [0.717, 1.165) is 33.6 Å². The second-order valence-electron chi connectivity index (χ2n) is 23.7. The average Bonchev–Trinajstić information content (AvgIpc) is 0.766. The van der Waals surface area contributed by atoms with E-state index in [9.17, 15) is 111 Å². The summed E-state index contributed by atoms with van der Waals surface area (Å²) in [5.41, 5.74) is 0. The van der Waals surface area contributed by atoms with Crippen LogP contribution in [-0.4, -0.2) is 353 Å². The lowest BCUT2D eigenvalue weighted by Crippen LogP contribution is -2.71. The summed E-state index contributed by atoms with van der Waals surface area (Å²) in [7, 11) is 1.29. The number of ether oxygens (including phenoxy) is 13. The zero-order chi connectivity index (χ0) is 68.9. The van der Waals surface area contributed by atoms with Crippen LogP contribution in [0.5, 0.6) is 0 Å². The summed E-state index contributed by atoms with van der Waals surface area (Å²) < 4.78 is 77.0. The fraction of sp³-hybridized carbons (Fsp3) is 0.909. The van der Waals surface area contributed by atoms with Gasteiger partial charge >= 0.3 is 11.9 Å². The van der Waals surface area contributed by atoms with Crippen LogP contribution >= 0.6 is 0 Å². The molecule has 38 nitrogen and oxygen atoms in total. The number of aliphatic hydroxyl groups is 16. The minimum Gasteiger partial charge on any atom is -0.477 e. The monoisotopic (exact) mass is 1360 g/mol. The molecule has 93 heavy (non-hydrogen) atoms. The third-order valence-corrected chi connectivity index (χ3v) is 16.8. The molecule has 6 rings (SSSR count). The Hall–Kier alpha value is -3.77. The number of carbonyl (C=O) groups excluding carboxylic acids is 4. The standard InChI is InChI=1S/C55H93N3O35/c1-20-34(69)39(74)41(76)51(84-20)91-47-33(58-23(4)65)50(83-19-29-38(73)45(90-52-42(77)40(75)36(71)26(16-60)85-52)32(57-22(3)64)49(88-29)82-13-11-9-7-6-8-10-12-30(68)81-5)87-28(18-62)44(47)89-53-43(78)48(37(72)27(17-61)86-53)93-55(54(79)80)14-24(66)31(56-21(2)63)46(92-55)35(70)25(67)15-59/h20,24-29,31-53,59-62,66-67,69-78H,6-19H2,1-5H3,(H,56,63)(H,57,64)(H,58,65)(H,79,80)/t20-,24-,25+,26+,27+,28+,29+,31+,32+,33+,34+,35+,36-,37-,38-,39+,40-,41-,42+,43+,44+,45+,46+,47+,48-,49-,50+,51-,52-,53-,55-/m0/s1. The molecule has 0 spiro atoms. The molecule has 0 radical (unpaired) electrons. The minimum atomic E-state index is -3.25. The maximum atomic E-state index is 13.3. The number of rotatable bonds is 31. The molecule has 6 fully saturated rings. The van der Waals surface area contributed by atoms with Crippen molar-refractivity contribution in [1.82, 2.24) is 16.0 Å². The van der Waals surface area contributed by atoms with Crippen molar-refractivity contribution in [3.8, 4) is 0 Å². The first-order valence-electron chi connectivity index (χ1n) is 30.5. The van der Waals surface area contributed by atoms with Gasteiger partial charge in [-0.3, -0.25) is 19.2 Å². The van der Waals surface area contributed by atoms with Crippen LogP contribution in [-0.2, 0) is 85.6 Å². The number of carbonyl (C=O) groups is 5. The lowest BCUT2D eigenvalue weighted by atomic mass is 9.88. The van der Waals surface area contributed by atoms with Crippen molar-refractivity contribution in [3.63, 3.8) is 0 Å². The molecule has 0 aromatic heterocycles. The van der Waals surface area contributed by atoms with Crippen molar-refractivity contribution < 1.29 is 172 Å². The summed E-state index contributed by atoms with van der Waals surface area (Å²) in [5.74, 6) is -8.14. The third kappa shape index (κ3) is 19.3. The zero-order valence-electron chi connectivity index (χ0n) is 51.7. The van der Waals surface area contributed by atoms with Crippen molar-refractivity contribution in [1.29, 1.82) is 0 Å². The van der Waals surface area contributed by atoms with E-state index in [2.05, 4.69) is 20.7 Å². The van der Waals surface area contributed by atoms with Crippen LogP contribution in [0.4, 0.5) is 0 Å². The molecule has 0 bridgehead atoms. The average molecular weight is 1360 g/mol. The van der Waals surface area contributed by atoms with Crippen LogP contribution in [0.15, 0.2) is 0 Å². The molecule has 0 saturated carbocycles. The van der Waals surface area contributed by atoms with E-state index >= 15 is 0 Å². The zero-order valence-corrected chi connectivity index (χ0v) is 51.7. The first-order valence-corrected chi connectivity index (χ1v) is 30.5. The molecule has 6 heterocycles. The highest BCUT2D eigenvalue weighted by Gasteiger charge is 2.62. The molecule has 6 aliphatic heterocycles. The summed E-state index contributed by atoms with van der Waals surface area (Å²) in [6.45, 7) is -0.899. The maximum Gasteiger partial charge on any atom is 0.364 e. The molecule has 0 aliphatic carbocycles. The van der Waals surface area contributed by atoms with Gasteiger partial charge in [-0.15, -0.1) is 0 Å². The van der Waals surface area contributed by atoms with Gasteiger partial charge in [0.25, 0.3) is 5.79 Å². The largest absolute Gasteiger partial charge is 0.477 e. The summed E-state index contributed by atoms with van der Waals surface area (Å²) in [6, 6.07) is -5.00. The Bertz CT molecular complexity index is 2360. The molecule has 20 N–H and O–H groups in total. The van der Waals surface area contributed by atoms with Gasteiger partial charge in [0.05, 0.1) is 58.4 Å². The van der Waals surface area contributed by atoms with Gasteiger partial charge in [0.2, 0.25) is 17.7 Å². The predicted molar refractivity (Wildman–Crippen MR) is 298 cm³/mol. The van der Waals surface area contributed by atoms with Crippen LogP contribution in [0.25, 0.3) is 0 Å². The van der Waals surface area contributed by atoms with Crippen molar-refractivity contribution >= 4 is 29.7 Å². The summed E-state index contributed by atoms with van der Waals surface area (Å²) in [4.78, 5) is 63.2. The third-order valence-electron chi connectivity index (χ3n) is 16.8. The lowest BCUT2D eigenvalue weighted by molar-refractivity contribution is -0.392. The number of hydrogen-bond donors (Lipinski definition) is 20. The summed E-state index contributed by atoms with van der Waals surface area (Å²) in [5, 5.41) is 193. The van der Waals surface area contributed by atoms with E-state index in [1.807, 2.05) is 0 Å². The second kappa shape index (κ2) is 35.6. The smallest absolute Gasteiger partial charge is 0.364 e. The Morgan fingerprint density at radius 3 is 1.56 bits per heavy atom. The van der Waals surface area contributed by atoms with Crippen LogP contribution in [0.1, 0.15) is 79.1 Å². The predicted octanol–water partition coefficient (Wildman–Crippen LogP) is -10.5. The van der Waals surface area contributed by atoms with E-state index in [1.165, 1.54) is 14.0 Å². The SMILES string of the molecule is COC(=O)CCCCCCCCO[C@H]1O[C@H](CO[C@@H]2O[C@H](CO)[C@@H](O[C@@H]3O[C@H](CO)[C@H](O)[C@H](O[C@]4(C(=O)O)C[C@H](O)[C@@H](NC(C)=O)[C@H]([C@H](O)[C@H](O)CO)O4)[C@H]3O)[C@H](O[C@@H]3O[C@@H](C)[C@@H](O)[C@@H](O)[C@@H]3O)[C@H]2NC(C)=O)[C@H](O)[C@H](O[C@@H]2O[C@H](CO)[C@H](O)[C@H](O)[C@H]2O)[C@H]1NC(C)=O. The molecule has 538 valence electrons. The molecule has 6 aliphatic rings. The van der Waals surface area contributed by atoms with Gasteiger partial charge in [0.1, 0.15) is 134 Å². The Kier molecular flexibility index (Phi) is 30.0. The molecule has 6 saturated heterocycles. The topological polar surface area (TPSA) is 585 Å². The Balaban J connectivity index is 1.34. The number of carboxylic acid groups (broad SMARTS) is 1. The van der Waals surface area contributed by atoms with Gasteiger partial charge < -0.3 is 164 Å². The second-order valence-corrected chi connectivity index (χ2v) is 23.7. The van der Waals surface area contributed by atoms with Gasteiger partial charge in [-0.1, -0.05) is 25.7 Å². The highest BCUT2D eigenvalue weighted by Crippen LogP contribution is 2.40. The molecule has 0 aromatic rings. The maximum absolute atomic E-state index is 13.3. The van der Waals surface area contributed by atoms with Gasteiger partial charge in [-0.25, -0.2) is 4.79 Å². The molecule has 0 unspecified atom stereocenters. The Morgan fingerprint density at radius 1 is 0.516 bits per heavy atom. The van der Waals surface area contributed by atoms with Crippen molar-refractivity contribution in [2.75, 3.05) is 46.8 Å². The number of nitrogens with one attached hydrogen (secondary N) is 3. The first-order chi connectivity index (χ1) is 44.0. The summed E-state index contributed by atoms with van der Waals surface area (Å²) >= 11 is 0. The molecule has 38 heteroatoms. The van der Waals surface area contributed by atoms with Gasteiger partial charge in [0.15, 0.2) is 31.5 Å². The van der Waals surface area contributed by atoms with Crippen LogP contribution < -0.4 is 16.0 Å². The first kappa shape index (κ1) is 78.2. The number of aliphatic hydroxyl groups excluding tert-OH is 16. The van der Waals surface area contributed by atoms with Crippen LogP contribution in [0.2, 0.25) is 0 Å². The highest BCUT2D eigenvalue weighted by atomic mass is 16.8. The minimum absolute atomic E-state index is 0.0588. The fourth-order valence-corrected chi connectivity index (χ4v) is 11.8. The number of esters is 1. The van der Waals surface area contributed by atoms with E-state index < -0.39 is 253 Å². The van der Waals surface area contributed by atoms with Crippen molar-refractivity contribution in [3.05, 3.63) is 0 Å². The molecule has 0 aromatic carbocycles. The molecular weight excluding hydrogens is 1260 g/mol. The van der Waals surface area contributed by atoms with Crippen molar-refractivity contribution in [2.24, 2.45) is 0 Å². The quantitative estimate of drug-likeness (QED) is 0.0226. The van der Waals surface area contributed by atoms with Gasteiger partial charge in [-0.05, 0) is 19.8 Å². The molecule has 3 amide bonds. The highest BCUT2D eigenvalue weighted by molar-refractivity contribution is 5.77. The normalized spacial score (nSPS) is 42.1. The van der Waals surface area contributed by atoms with E-state index in [4.69, 9.17) is 56.8 Å². The number of hydrogen-bond acceptors (Lipinski definition) is 34. The van der Waals surface area contributed by atoms with E-state index in [-0.39, 0.29) is 19.0 Å². The Morgan fingerprint density at radius 2 is 0.989 bits per heavy atom. The van der Waals surface area contributed by atoms with Gasteiger partial charge in [-0.2, -0.15) is 0 Å². The number of carboxylic acids is 1. The van der Waals surface area contributed by atoms with Gasteiger partial charge in [0, 0.05) is 40.2 Å². The van der Waals surface area contributed by atoms with Crippen molar-refractivity contribution in [2.45, 2.75) is 269 Å². The Labute approximate surface area is 532 Å². The fourth-order valence-electron chi connectivity index (χ4n) is 11.8. The lowest BCUT2D eigenvalue weighted by Gasteiger charge is -2.52. The molecule has 31 atom stereocenters. The van der Waals surface area contributed by atoms with E-state index in [0.29, 0.717) is 25.7 Å². The van der Waals surface area contributed by atoms with Crippen LogP contribution in [0, 0.1) is 0 Å². The summed E-state index contributed by atoms with van der Waals surface area (Å²) in [6.07, 6.45) is -50.3. The van der Waals surface area contributed by atoms with E-state index in [1.54, 1.807) is 0 Å². The number of unbranched alkanes of at least 4 members (excludes halogenated alkanes) is 5.